The highest BCUT2D eigenvalue weighted by Gasteiger charge is 2.62. The number of carbonyl (C=O) groups excluding carboxylic acids is 2. The van der Waals surface area contributed by atoms with Gasteiger partial charge in [0.15, 0.2) is 0 Å². The number of nitrogens with zero attached hydrogens (tertiary/aromatic N) is 1. The summed E-state index contributed by atoms with van der Waals surface area (Å²) in [5, 5.41) is 7.55. The van der Waals surface area contributed by atoms with Gasteiger partial charge in [0.05, 0.1) is 26.5 Å². The molecule has 1 aliphatic carbocycles. The van der Waals surface area contributed by atoms with Gasteiger partial charge in [0.2, 0.25) is 11.8 Å². The number of piperidine rings is 1. The molecule has 2 amide bonds. The van der Waals surface area contributed by atoms with Gasteiger partial charge in [-0.1, -0.05) is 89.9 Å². The molecule has 1 aliphatic heterocycles. The second-order valence-electron chi connectivity index (χ2n) is 11.9. The summed E-state index contributed by atoms with van der Waals surface area (Å²) < 4.78 is 0. The van der Waals surface area contributed by atoms with Gasteiger partial charge in [0, 0.05) is 26.6 Å². The molecule has 1 saturated carbocycles. The number of halogens is 2. The molecule has 0 radical (unpaired) electrons. The molecule has 2 fully saturated rings. The lowest BCUT2D eigenvalue weighted by Gasteiger charge is -2.43. The van der Waals surface area contributed by atoms with E-state index >= 15 is 0 Å². The zero-order chi connectivity index (χ0) is 28.5. The molecule has 3 aromatic rings. The van der Waals surface area contributed by atoms with Crippen molar-refractivity contribution < 1.29 is 9.59 Å². The van der Waals surface area contributed by atoms with Crippen LogP contribution in [-0.4, -0.2) is 36.3 Å². The summed E-state index contributed by atoms with van der Waals surface area (Å²) in [7, 11) is 0. The topological polar surface area (TPSA) is 61.4 Å². The molecule has 5 nitrogen and oxygen atoms in total. The summed E-state index contributed by atoms with van der Waals surface area (Å²) in [4.78, 5) is 28.7. The van der Waals surface area contributed by atoms with Crippen molar-refractivity contribution >= 4 is 35.0 Å². The van der Waals surface area contributed by atoms with Crippen LogP contribution >= 0.6 is 23.2 Å². The molecule has 2 aliphatic rings. The van der Waals surface area contributed by atoms with Crippen LogP contribution in [0, 0.1) is 5.92 Å². The first-order chi connectivity index (χ1) is 19.1. The summed E-state index contributed by atoms with van der Waals surface area (Å²) in [6.45, 7) is 8.12. The zero-order valence-electron chi connectivity index (χ0n) is 23.3. The number of hydrogen-bond donors (Lipinski definition) is 2. The Morgan fingerprint density at radius 2 is 1.52 bits per heavy atom. The maximum atomic E-state index is 14.1. The first-order valence-corrected chi connectivity index (χ1v) is 14.7. The van der Waals surface area contributed by atoms with Crippen LogP contribution in [0.4, 0.5) is 0 Å². The Morgan fingerprint density at radius 3 is 2.12 bits per heavy atom. The van der Waals surface area contributed by atoms with Crippen molar-refractivity contribution in [1.82, 2.24) is 15.5 Å². The van der Waals surface area contributed by atoms with E-state index in [1.54, 1.807) is 13.0 Å². The average molecular weight is 579 g/mol. The lowest BCUT2D eigenvalue weighted by Crippen LogP contribution is -2.53. The molecule has 2 atom stereocenters. The molecule has 2 unspecified atom stereocenters. The Morgan fingerprint density at radius 1 is 0.900 bits per heavy atom. The first kappa shape index (κ1) is 28.7. The second-order valence-corrected chi connectivity index (χ2v) is 12.7. The molecule has 0 aromatic heterocycles. The van der Waals surface area contributed by atoms with Crippen LogP contribution in [0.1, 0.15) is 56.7 Å². The predicted octanol–water partition coefficient (Wildman–Crippen LogP) is 6.43. The van der Waals surface area contributed by atoms with Crippen LogP contribution in [0.5, 0.6) is 0 Å². The molecule has 1 heterocycles. The fourth-order valence-corrected chi connectivity index (χ4v) is 6.72. The van der Waals surface area contributed by atoms with Gasteiger partial charge in [0.1, 0.15) is 0 Å². The summed E-state index contributed by atoms with van der Waals surface area (Å²) in [6.07, 6.45) is 2.38. The van der Waals surface area contributed by atoms with Crippen molar-refractivity contribution in [1.29, 1.82) is 0 Å². The largest absolute Gasteiger partial charge is 0.347 e. The molecule has 40 heavy (non-hydrogen) atoms. The van der Waals surface area contributed by atoms with Crippen LogP contribution in [-0.2, 0) is 26.1 Å². The number of benzene rings is 3. The van der Waals surface area contributed by atoms with Crippen molar-refractivity contribution in [2.75, 3.05) is 19.6 Å². The Hall–Kier alpha value is -2.86. The minimum atomic E-state index is -0.675. The van der Waals surface area contributed by atoms with Crippen molar-refractivity contribution in [3.63, 3.8) is 0 Å². The Bertz CT molecular complexity index is 1370. The number of nitrogens with one attached hydrogen (secondary N) is 2. The molecule has 0 bridgehead atoms. The number of amides is 2. The van der Waals surface area contributed by atoms with Crippen LogP contribution < -0.4 is 10.6 Å². The van der Waals surface area contributed by atoms with Gasteiger partial charge in [-0.15, -0.1) is 0 Å². The average Bonchev–Trinajstić information content (AvgIpc) is 3.67. The van der Waals surface area contributed by atoms with Crippen LogP contribution in [0.25, 0.3) is 0 Å². The Balaban J connectivity index is 1.35. The highest BCUT2D eigenvalue weighted by atomic mass is 35.5. The number of hydrogen-bond acceptors (Lipinski definition) is 3. The maximum absolute atomic E-state index is 14.1. The lowest BCUT2D eigenvalue weighted by atomic mass is 9.80. The summed E-state index contributed by atoms with van der Waals surface area (Å²) in [5.74, 6) is 0.135. The maximum Gasteiger partial charge on any atom is 0.231 e. The zero-order valence-corrected chi connectivity index (χ0v) is 24.9. The van der Waals surface area contributed by atoms with Crippen molar-refractivity contribution in [2.24, 2.45) is 5.92 Å². The second kappa shape index (κ2) is 11.2. The van der Waals surface area contributed by atoms with Crippen molar-refractivity contribution in [3.05, 3.63) is 106 Å². The van der Waals surface area contributed by atoms with Crippen LogP contribution in [0.2, 0.25) is 10.0 Å². The monoisotopic (exact) mass is 577 g/mol. The third-order valence-corrected chi connectivity index (χ3v) is 9.54. The van der Waals surface area contributed by atoms with E-state index in [4.69, 9.17) is 23.2 Å². The summed E-state index contributed by atoms with van der Waals surface area (Å²) >= 11 is 12.7. The lowest BCUT2D eigenvalue weighted by molar-refractivity contribution is -0.126. The molecule has 7 heteroatoms. The molecule has 3 aromatic carbocycles. The van der Waals surface area contributed by atoms with Gasteiger partial charge in [-0.2, -0.15) is 0 Å². The van der Waals surface area contributed by atoms with E-state index in [0.29, 0.717) is 10.0 Å². The molecule has 2 N–H and O–H groups in total. The SMILES string of the molecule is CC(=O)NC1(c2ccccc2)CCN(CC2CC2(C(=O)NC(C)(C)c2ccccc2)c2ccc(Cl)c(Cl)c2)CC1. The minimum absolute atomic E-state index is 0.0126. The fraction of sp³-hybridized carbons (Fsp3) is 0.394. The van der Waals surface area contributed by atoms with Gasteiger partial charge in [-0.05, 0) is 67.9 Å². The third kappa shape index (κ3) is 5.65. The van der Waals surface area contributed by atoms with Crippen LogP contribution in [0.15, 0.2) is 78.9 Å². The molecule has 1 saturated heterocycles. The summed E-state index contributed by atoms with van der Waals surface area (Å²) in [5.41, 5.74) is 1.52. The molecule has 210 valence electrons. The predicted molar refractivity (Wildman–Crippen MR) is 161 cm³/mol. The van der Waals surface area contributed by atoms with E-state index in [-0.39, 0.29) is 23.3 Å². The van der Waals surface area contributed by atoms with Gasteiger partial charge in [0.25, 0.3) is 0 Å². The highest BCUT2D eigenvalue weighted by Crippen LogP contribution is 2.56. The van der Waals surface area contributed by atoms with Crippen molar-refractivity contribution in [2.45, 2.75) is 56.5 Å². The van der Waals surface area contributed by atoms with Gasteiger partial charge < -0.3 is 15.5 Å². The quantitative estimate of drug-likeness (QED) is 0.324. The van der Waals surface area contributed by atoms with Gasteiger partial charge >= 0.3 is 0 Å². The smallest absolute Gasteiger partial charge is 0.231 e. The highest BCUT2D eigenvalue weighted by molar-refractivity contribution is 6.42. The molecular weight excluding hydrogens is 541 g/mol. The van der Waals surface area contributed by atoms with E-state index in [2.05, 4.69) is 27.7 Å². The molecule has 5 rings (SSSR count). The normalized spacial score (nSPS) is 22.4. The van der Waals surface area contributed by atoms with Crippen LogP contribution in [0.3, 0.4) is 0 Å². The number of likely N-dealkylation sites (tertiary alicyclic amines) is 1. The van der Waals surface area contributed by atoms with Crippen molar-refractivity contribution in [3.8, 4) is 0 Å². The summed E-state index contributed by atoms with van der Waals surface area (Å²) in [6, 6.07) is 25.9. The van der Waals surface area contributed by atoms with E-state index in [1.807, 2.05) is 74.5 Å². The number of carbonyl (C=O) groups is 2. The first-order valence-electron chi connectivity index (χ1n) is 14.0. The minimum Gasteiger partial charge on any atom is -0.347 e. The van der Waals surface area contributed by atoms with E-state index in [1.165, 1.54) is 0 Å². The number of rotatable bonds is 8. The van der Waals surface area contributed by atoms with E-state index < -0.39 is 11.0 Å². The standard InChI is InChI=1S/C33H37Cl2N3O2/c1-23(39)36-32(25-12-8-5-9-13-25)16-18-38(19-17-32)22-27-21-33(27,26-14-15-28(34)29(35)20-26)30(40)37-31(2,3)24-10-6-4-7-11-24/h4-15,20,27H,16-19,21-22H2,1-3H3,(H,36,39)(H,37,40). The Labute approximate surface area is 247 Å². The van der Waals surface area contributed by atoms with Gasteiger partial charge in [-0.3, -0.25) is 9.59 Å². The van der Waals surface area contributed by atoms with E-state index in [0.717, 1.165) is 55.6 Å². The molecule has 0 spiro atoms. The van der Waals surface area contributed by atoms with Gasteiger partial charge in [-0.25, -0.2) is 0 Å². The molecular formula is C33H37Cl2N3O2. The third-order valence-electron chi connectivity index (χ3n) is 8.80. The fourth-order valence-electron chi connectivity index (χ4n) is 6.42. The Kier molecular flexibility index (Phi) is 8.02. The van der Waals surface area contributed by atoms with E-state index in [9.17, 15) is 9.59 Å².